The lowest BCUT2D eigenvalue weighted by Crippen LogP contribution is -2.45. The lowest BCUT2D eigenvalue weighted by molar-refractivity contribution is -0.129. The first-order valence-electron chi connectivity index (χ1n) is 10.1. The zero-order valence-corrected chi connectivity index (χ0v) is 19.9. The second-order valence-electron chi connectivity index (χ2n) is 8.80. The third-order valence-corrected chi connectivity index (χ3v) is 11.1. The van der Waals surface area contributed by atoms with Crippen molar-refractivity contribution >= 4 is 31.5 Å². The van der Waals surface area contributed by atoms with Gasteiger partial charge in [-0.05, 0) is 37.9 Å². The number of ether oxygens (including phenoxy) is 1. The molecule has 0 saturated carbocycles. The first kappa shape index (κ1) is 23.0. The Bertz CT molecular complexity index is 684. The van der Waals surface area contributed by atoms with Gasteiger partial charge in [0.05, 0.1) is 24.3 Å². The first-order valence-corrected chi connectivity index (χ1v) is 13.9. The summed E-state index contributed by atoms with van der Waals surface area (Å²) in [6, 6.07) is 0.174. The molecule has 1 amide bonds. The van der Waals surface area contributed by atoms with Crippen LogP contribution in [0, 0.1) is 0 Å². The minimum absolute atomic E-state index is 0.169. The van der Waals surface area contributed by atoms with E-state index in [-0.39, 0.29) is 23.0 Å². The summed E-state index contributed by atoms with van der Waals surface area (Å²) in [4.78, 5) is 30.4. The number of carbonyl (C=O) groups excluding carboxylic acids is 2. The highest BCUT2D eigenvalue weighted by Gasteiger charge is 2.39. The third-order valence-electron chi connectivity index (χ3n) is 5.72. The largest absolute Gasteiger partial charge is 0.461 e. The molecule has 2 rings (SSSR count). The maximum atomic E-state index is 12.3. The molecule has 1 atom stereocenters. The molecule has 0 aromatic carbocycles. The normalized spacial score (nSPS) is 18.0. The van der Waals surface area contributed by atoms with Crippen LogP contribution in [0.15, 0.2) is 5.38 Å². The molecule has 2 heterocycles. The summed E-state index contributed by atoms with van der Waals surface area (Å²) in [6.07, 6.45) is 3.06. The number of thiazole rings is 1. The maximum Gasteiger partial charge on any atom is 0.357 e. The van der Waals surface area contributed by atoms with E-state index >= 15 is 0 Å². The summed E-state index contributed by atoms with van der Waals surface area (Å²) in [5.41, 5.74) is 0.375. The first-order chi connectivity index (χ1) is 13.0. The molecule has 0 N–H and O–H groups in total. The SMILES string of the molecule is CCOC(=O)c1csc(CCCN2C(=O)CC[C@@H]2CO[Si](C)(C)C(C)(C)C)n1. The van der Waals surface area contributed by atoms with Crippen LogP contribution < -0.4 is 0 Å². The molecule has 1 saturated heterocycles. The summed E-state index contributed by atoms with van der Waals surface area (Å²) in [6.45, 7) is 14.7. The molecule has 1 fully saturated rings. The number of rotatable bonds is 9. The number of hydrogen-bond donors (Lipinski definition) is 0. The van der Waals surface area contributed by atoms with Crippen LogP contribution in [0.5, 0.6) is 0 Å². The maximum absolute atomic E-state index is 12.3. The van der Waals surface area contributed by atoms with Gasteiger partial charge < -0.3 is 14.1 Å². The van der Waals surface area contributed by atoms with Crippen molar-refractivity contribution in [2.24, 2.45) is 0 Å². The average molecular weight is 427 g/mol. The van der Waals surface area contributed by atoms with Crippen molar-refractivity contribution in [1.82, 2.24) is 9.88 Å². The molecule has 0 aliphatic carbocycles. The van der Waals surface area contributed by atoms with Crippen LogP contribution in [0.3, 0.4) is 0 Å². The number of esters is 1. The molecule has 1 aromatic heterocycles. The van der Waals surface area contributed by atoms with Crippen LogP contribution in [0.1, 0.15) is 62.5 Å². The topological polar surface area (TPSA) is 68.7 Å². The number of likely N-dealkylation sites (tertiary alicyclic amines) is 1. The van der Waals surface area contributed by atoms with Crippen LogP contribution >= 0.6 is 11.3 Å². The lowest BCUT2D eigenvalue weighted by atomic mass is 10.2. The van der Waals surface area contributed by atoms with Crippen molar-refractivity contribution in [2.75, 3.05) is 19.8 Å². The Kier molecular flexibility index (Phi) is 7.81. The number of carbonyl (C=O) groups is 2. The molecule has 1 aliphatic heterocycles. The van der Waals surface area contributed by atoms with Crippen LogP contribution in [0.2, 0.25) is 18.1 Å². The van der Waals surface area contributed by atoms with E-state index in [4.69, 9.17) is 9.16 Å². The summed E-state index contributed by atoms with van der Waals surface area (Å²) >= 11 is 1.47. The van der Waals surface area contributed by atoms with Gasteiger partial charge in [0, 0.05) is 24.8 Å². The monoisotopic (exact) mass is 426 g/mol. The molecular formula is C20H34N2O4SSi. The molecule has 0 spiro atoms. The van der Waals surface area contributed by atoms with Gasteiger partial charge in [-0.1, -0.05) is 20.8 Å². The smallest absolute Gasteiger partial charge is 0.357 e. The fourth-order valence-corrected chi connectivity index (χ4v) is 4.77. The highest BCUT2D eigenvalue weighted by molar-refractivity contribution is 7.09. The van der Waals surface area contributed by atoms with Crippen LogP contribution in [0.25, 0.3) is 0 Å². The van der Waals surface area contributed by atoms with Gasteiger partial charge in [0.25, 0.3) is 0 Å². The molecule has 6 nitrogen and oxygen atoms in total. The quantitative estimate of drug-likeness (QED) is 0.436. The lowest BCUT2D eigenvalue weighted by Gasteiger charge is -2.38. The number of nitrogens with zero attached hydrogens (tertiary/aromatic N) is 2. The van der Waals surface area contributed by atoms with Gasteiger partial charge in [-0.25, -0.2) is 9.78 Å². The summed E-state index contributed by atoms with van der Waals surface area (Å²) in [5.74, 6) is -0.155. The Labute approximate surface area is 173 Å². The zero-order valence-electron chi connectivity index (χ0n) is 18.0. The number of aromatic nitrogens is 1. The second kappa shape index (κ2) is 9.50. The number of amides is 1. The second-order valence-corrected chi connectivity index (χ2v) is 14.6. The Balaban J connectivity index is 1.85. The summed E-state index contributed by atoms with van der Waals surface area (Å²) in [5, 5.41) is 2.82. The van der Waals surface area contributed by atoms with E-state index in [0.717, 1.165) is 24.3 Å². The summed E-state index contributed by atoms with van der Waals surface area (Å²) < 4.78 is 11.3. The van der Waals surface area contributed by atoms with Crippen LogP contribution in [0.4, 0.5) is 0 Å². The Morgan fingerprint density at radius 1 is 1.39 bits per heavy atom. The van der Waals surface area contributed by atoms with Crippen molar-refractivity contribution in [3.63, 3.8) is 0 Å². The Morgan fingerprint density at radius 3 is 2.75 bits per heavy atom. The van der Waals surface area contributed by atoms with Crippen molar-refractivity contribution in [3.8, 4) is 0 Å². The zero-order chi connectivity index (χ0) is 20.9. The standard InChI is InChI=1S/C20H34N2O4SSi/c1-7-25-19(24)16-14-27-17(21-16)9-8-12-22-15(10-11-18(22)23)13-26-28(5,6)20(2,3)4/h14-15H,7-13H2,1-6H3/t15-/m1/s1. The third kappa shape index (κ3) is 5.87. The van der Waals surface area contributed by atoms with E-state index in [1.165, 1.54) is 11.3 Å². The van der Waals surface area contributed by atoms with Crippen LogP contribution in [-0.2, 0) is 20.4 Å². The van der Waals surface area contributed by atoms with Gasteiger partial charge in [0.1, 0.15) is 0 Å². The predicted molar refractivity (Wildman–Crippen MR) is 114 cm³/mol. The van der Waals surface area contributed by atoms with E-state index in [1.807, 2.05) is 4.90 Å². The fourth-order valence-electron chi connectivity index (χ4n) is 2.92. The predicted octanol–water partition coefficient (Wildman–Crippen LogP) is 4.27. The molecule has 8 heteroatoms. The van der Waals surface area contributed by atoms with Gasteiger partial charge in [-0.3, -0.25) is 4.79 Å². The molecule has 28 heavy (non-hydrogen) atoms. The van der Waals surface area contributed by atoms with Crippen molar-refractivity contribution in [1.29, 1.82) is 0 Å². The highest BCUT2D eigenvalue weighted by Crippen LogP contribution is 2.37. The van der Waals surface area contributed by atoms with Gasteiger partial charge in [-0.2, -0.15) is 0 Å². The van der Waals surface area contributed by atoms with Crippen molar-refractivity contribution < 1.29 is 18.8 Å². The van der Waals surface area contributed by atoms with Gasteiger partial charge in [0.2, 0.25) is 5.91 Å². The number of hydrogen-bond acceptors (Lipinski definition) is 6. The van der Waals surface area contributed by atoms with Crippen LogP contribution in [-0.4, -0.2) is 55.9 Å². The van der Waals surface area contributed by atoms with Crippen molar-refractivity contribution in [2.45, 2.75) is 77.6 Å². The molecule has 0 unspecified atom stereocenters. The minimum Gasteiger partial charge on any atom is -0.461 e. The van der Waals surface area contributed by atoms with Gasteiger partial charge >= 0.3 is 5.97 Å². The molecule has 158 valence electrons. The number of aryl methyl sites for hydroxylation is 1. The van der Waals surface area contributed by atoms with Crippen molar-refractivity contribution in [3.05, 3.63) is 16.1 Å². The molecule has 1 aromatic rings. The molecule has 1 aliphatic rings. The molecule has 0 radical (unpaired) electrons. The molecular weight excluding hydrogens is 392 g/mol. The average Bonchev–Trinajstić information content (AvgIpc) is 3.20. The van der Waals surface area contributed by atoms with E-state index in [2.05, 4.69) is 38.8 Å². The summed E-state index contributed by atoms with van der Waals surface area (Å²) in [7, 11) is -1.81. The molecule has 0 bridgehead atoms. The van der Waals surface area contributed by atoms with E-state index in [9.17, 15) is 9.59 Å². The Morgan fingerprint density at radius 2 is 2.11 bits per heavy atom. The van der Waals surface area contributed by atoms with E-state index in [1.54, 1.807) is 12.3 Å². The minimum atomic E-state index is -1.81. The van der Waals surface area contributed by atoms with E-state index < -0.39 is 8.32 Å². The van der Waals surface area contributed by atoms with Gasteiger partial charge in [-0.15, -0.1) is 11.3 Å². The highest BCUT2D eigenvalue weighted by atomic mass is 32.1. The fraction of sp³-hybridized carbons (Fsp3) is 0.750. The van der Waals surface area contributed by atoms with Gasteiger partial charge in [0.15, 0.2) is 14.0 Å². The Hall–Kier alpha value is -1.25. The van der Waals surface area contributed by atoms with E-state index in [0.29, 0.717) is 31.9 Å².